The first-order chi connectivity index (χ1) is 8.97. The minimum atomic E-state index is -0.919. The summed E-state index contributed by atoms with van der Waals surface area (Å²) in [6.45, 7) is 0. The van der Waals surface area contributed by atoms with E-state index in [1.54, 1.807) is 0 Å². The van der Waals surface area contributed by atoms with E-state index in [0.29, 0.717) is 11.6 Å². The number of benzene rings is 2. The fourth-order valence-corrected chi connectivity index (χ4v) is 1.54. The van der Waals surface area contributed by atoms with Crippen LogP contribution >= 0.6 is 12.2 Å². The number of rotatable bonds is 3. The highest BCUT2D eigenvalue weighted by Gasteiger charge is 2.11. The van der Waals surface area contributed by atoms with Gasteiger partial charge in [-0.15, -0.1) is 0 Å². The van der Waals surface area contributed by atoms with Gasteiger partial charge in [0.25, 0.3) is 0 Å². The predicted octanol–water partition coefficient (Wildman–Crippen LogP) is 3.53. The molecule has 0 aliphatic heterocycles. The second kappa shape index (κ2) is 5.27. The molecule has 0 saturated carbocycles. The van der Waals surface area contributed by atoms with E-state index in [1.807, 2.05) is 0 Å². The van der Waals surface area contributed by atoms with Crippen molar-refractivity contribution in [3.05, 3.63) is 59.4 Å². The second-order valence-electron chi connectivity index (χ2n) is 3.69. The van der Waals surface area contributed by atoms with Gasteiger partial charge >= 0.3 is 0 Å². The average molecular weight is 283 g/mol. The van der Waals surface area contributed by atoms with Crippen LogP contribution in [0.2, 0.25) is 0 Å². The lowest BCUT2D eigenvalue weighted by Gasteiger charge is -2.08. The molecule has 2 nitrogen and oxygen atoms in total. The molecule has 0 amide bonds. The molecule has 98 valence electrons. The standard InChI is InChI=1S/C13H8F3NOS/c14-8-2-4-12(10(16)6-8)18-11-3-1-7(13(17)19)5-9(11)15/h1-6H,(H2,17,19). The third kappa shape index (κ3) is 3.03. The van der Waals surface area contributed by atoms with Crippen LogP contribution in [-0.4, -0.2) is 4.99 Å². The van der Waals surface area contributed by atoms with Crippen molar-refractivity contribution in [2.45, 2.75) is 0 Å². The Morgan fingerprint density at radius 3 is 2.05 bits per heavy atom. The highest BCUT2D eigenvalue weighted by Crippen LogP contribution is 2.27. The number of hydrogen-bond acceptors (Lipinski definition) is 2. The molecule has 19 heavy (non-hydrogen) atoms. The quantitative estimate of drug-likeness (QED) is 0.875. The SMILES string of the molecule is NC(=S)c1ccc(Oc2ccc(F)cc2F)c(F)c1. The Balaban J connectivity index is 2.31. The van der Waals surface area contributed by atoms with Gasteiger partial charge in [0.05, 0.1) is 0 Å². The van der Waals surface area contributed by atoms with Crippen molar-refractivity contribution in [3.63, 3.8) is 0 Å². The van der Waals surface area contributed by atoms with E-state index in [2.05, 4.69) is 0 Å². The molecule has 0 radical (unpaired) electrons. The molecule has 0 aliphatic rings. The van der Waals surface area contributed by atoms with Gasteiger partial charge < -0.3 is 10.5 Å². The van der Waals surface area contributed by atoms with Crippen LogP contribution in [0.15, 0.2) is 36.4 Å². The van der Waals surface area contributed by atoms with Crippen LogP contribution in [0.25, 0.3) is 0 Å². The van der Waals surface area contributed by atoms with Crippen LogP contribution in [0.5, 0.6) is 11.5 Å². The van der Waals surface area contributed by atoms with Crippen molar-refractivity contribution in [1.82, 2.24) is 0 Å². The van der Waals surface area contributed by atoms with E-state index in [9.17, 15) is 13.2 Å². The Morgan fingerprint density at radius 2 is 1.53 bits per heavy atom. The van der Waals surface area contributed by atoms with E-state index >= 15 is 0 Å². The summed E-state index contributed by atoms with van der Waals surface area (Å²) in [5.74, 6) is -2.88. The molecule has 2 aromatic carbocycles. The minimum Gasteiger partial charge on any atom is -0.451 e. The van der Waals surface area contributed by atoms with Crippen molar-refractivity contribution in [2.24, 2.45) is 5.73 Å². The summed E-state index contributed by atoms with van der Waals surface area (Å²) in [6, 6.07) is 6.54. The highest BCUT2D eigenvalue weighted by atomic mass is 32.1. The molecule has 0 atom stereocenters. The summed E-state index contributed by atoms with van der Waals surface area (Å²) in [5, 5.41) is 0. The van der Waals surface area contributed by atoms with E-state index < -0.39 is 17.5 Å². The summed E-state index contributed by atoms with van der Waals surface area (Å²) < 4.78 is 44.8. The molecule has 0 spiro atoms. The maximum atomic E-state index is 13.7. The second-order valence-corrected chi connectivity index (χ2v) is 4.13. The van der Waals surface area contributed by atoms with Crippen molar-refractivity contribution < 1.29 is 17.9 Å². The molecular weight excluding hydrogens is 275 g/mol. The Morgan fingerprint density at radius 1 is 0.947 bits per heavy atom. The first-order valence-electron chi connectivity index (χ1n) is 5.19. The van der Waals surface area contributed by atoms with Crippen molar-refractivity contribution in [3.8, 4) is 11.5 Å². The smallest absolute Gasteiger partial charge is 0.168 e. The first kappa shape index (κ1) is 13.4. The predicted molar refractivity (Wildman–Crippen MR) is 68.7 cm³/mol. The lowest BCUT2D eigenvalue weighted by Crippen LogP contribution is -2.09. The fourth-order valence-electron chi connectivity index (χ4n) is 1.41. The molecule has 0 saturated heterocycles. The molecule has 0 bridgehead atoms. The van der Waals surface area contributed by atoms with E-state index in [-0.39, 0.29) is 16.5 Å². The molecule has 0 aromatic heterocycles. The van der Waals surface area contributed by atoms with Crippen LogP contribution in [0.1, 0.15) is 5.56 Å². The molecule has 0 fully saturated rings. The fraction of sp³-hybridized carbons (Fsp3) is 0. The van der Waals surface area contributed by atoms with E-state index in [1.165, 1.54) is 12.1 Å². The Hall–Kier alpha value is -2.08. The third-order valence-electron chi connectivity index (χ3n) is 2.33. The number of hydrogen-bond donors (Lipinski definition) is 1. The summed E-state index contributed by atoms with van der Waals surface area (Å²) in [6.07, 6.45) is 0. The number of thiocarbonyl (C=S) groups is 1. The van der Waals surface area contributed by atoms with Crippen molar-refractivity contribution in [2.75, 3.05) is 0 Å². The monoisotopic (exact) mass is 283 g/mol. The Labute approximate surface area is 112 Å². The minimum absolute atomic E-state index is 0.0402. The highest BCUT2D eigenvalue weighted by molar-refractivity contribution is 7.80. The average Bonchev–Trinajstić information content (AvgIpc) is 2.34. The molecule has 2 aromatic rings. The third-order valence-corrected chi connectivity index (χ3v) is 2.57. The molecule has 0 heterocycles. The zero-order chi connectivity index (χ0) is 14.0. The number of ether oxygens (including phenoxy) is 1. The maximum absolute atomic E-state index is 13.7. The van der Waals surface area contributed by atoms with Gasteiger partial charge in [-0.05, 0) is 30.3 Å². The number of halogens is 3. The van der Waals surface area contributed by atoms with Crippen molar-refractivity contribution >= 4 is 17.2 Å². The van der Waals surface area contributed by atoms with Crippen LogP contribution < -0.4 is 10.5 Å². The van der Waals surface area contributed by atoms with Crippen molar-refractivity contribution in [1.29, 1.82) is 0 Å². The molecular formula is C13H8F3NOS. The van der Waals surface area contributed by atoms with Gasteiger partial charge in [0.15, 0.2) is 23.1 Å². The van der Waals surface area contributed by atoms with E-state index in [4.69, 9.17) is 22.7 Å². The van der Waals surface area contributed by atoms with Gasteiger partial charge in [0.2, 0.25) is 0 Å². The first-order valence-corrected chi connectivity index (χ1v) is 5.60. The molecule has 0 aliphatic carbocycles. The summed E-state index contributed by atoms with van der Waals surface area (Å²) in [4.78, 5) is 0.0402. The van der Waals surface area contributed by atoms with Gasteiger partial charge in [-0.1, -0.05) is 12.2 Å². The molecule has 6 heteroatoms. The Kier molecular flexibility index (Phi) is 3.71. The van der Waals surface area contributed by atoms with Gasteiger partial charge in [-0.25, -0.2) is 13.2 Å². The van der Waals surface area contributed by atoms with Crippen LogP contribution in [0, 0.1) is 17.5 Å². The summed E-state index contributed by atoms with van der Waals surface area (Å²) >= 11 is 4.70. The molecule has 2 N–H and O–H groups in total. The largest absolute Gasteiger partial charge is 0.451 e. The van der Waals surface area contributed by atoms with Gasteiger partial charge in [-0.3, -0.25) is 0 Å². The van der Waals surface area contributed by atoms with Crippen LogP contribution in [-0.2, 0) is 0 Å². The summed E-state index contributed by atoms with van der Waals surface area (Å²) in [7, 11) is 0. The molecule has 2 rings (SSSR count). The van der Waals surface area contributed by atoms with Gasteiger partial charge in [-0.2, -0.15) is 0 Å². The van der Waals surface area contributed by atoms with Gasteiger partial charge in [0.1, 0.15) is 10.8 Å². The number of nitrogens with two attached hydrogens (primary N) is 1. The zero-order valence-electron chi connectivity index (χ0n) is 9.49. The lowest BCUT2D eigenvalue weighted by molar-refractivity contribution is 0.412. The van der Waals surface area contributed by atoms with Crippen LogP contribution in [0.4, 0.5) is 13.2 Å². The topological polar surface area (TPSA) is 35.2 Å². The maximum Gasteiger partial charge on any atom is 0.168 e. The van der Waals surface area contributed by atoms with Crippen LogP contribution in [0.3, 0.4) is 0 Å². The van der Waals surface area contributed by atoms with Gasteiger partial charge in [0, 0.05) is 11.6 Å². The summed E-state index contributed by atoms with van der Waals surface area (Å²) in [5.41, 5.74) is 5.68. The lowest BCUT2D eigenvalue weighted by atomic mass is 10.2. The normalized spacial score (nSPS) is 10.3. The molecule has 0 unspecified atom stereocenters. The van der Waals surface area contributed by atoms with E-state index in [0.717, 1.165) is 18.2 Å². The zero-order valence-corrected chi connectivity index (χ0v) is 10.3. The Bertz CT molecular complexity index is 646.